The van der Waals surface area contributed by atoms with Crippen molar-refractivity contribution in [3.05, 3.63) is 65.3 Å². The molecule has 36 heavy (non-hydrogen) atoms. The number of hydrogen-bond donors (Lipinski definition) is 2. The number of benzene rings is 1. The van der Waals surface area contributed by atoms with Crippen LogP contribution in [0.25, 0.3) is 22.2 Å². The number of carbonyl (C=O) groups excluding carboxylic acids is 1. The summed E-state index contributed by atoms with van der Waals surface area (Å²) in [6.07, 6.45) is 6.46. The summed E-state index contributed by atoms with van der Waals surface area (Å²) < 4.78 is 14.3. The molecule has 1 amide bonds. The standard InChI is InChI=1S/C26H25ClFN7O/c27-19-13-29-14-20(28)24(19)18-3-4-21-22(12-18)32-26(31-21)33-23-11-16(5-6-30-23)15-34-7-9-35(10-8-34)25(36)17-1-2-17/h3-6,11-14,17H,1-2,7-10,15H2,(H2,30,31,32,33). The van der Waals surface area contributed by atoms with E-state index in [1.165, 1.54) is 6.20 Å². The van der Waals surface area contributed by atoms with Crippen molar-refractivity contribution < 1.29 is 9.18 Å². The lowest BCUT2D eigenvalue weighted by molar-refractivity contribution is -0.134. The average Bonchev–Trinajstić information content (AvgIpc) is 3.64. The van der Waals surface area contributed by atoms with Crippen LogP contribution in [0, 0.1) is 11.7 Å². The van der Waals surface area contributed by atoms with Gasteiger partial charge in [-0.2, -0.15) is 0 Å². The second-order valence-corrected chi connectivity index (χ2v) is 9.75. The molecule has 184 valence electrons. The van der Waals surface area contributed by atoms with E-state index in [0.717, 1.165) is 68.4 Å². The van der Waals surface area contributed by atoms with Gasteiger partial charge in [-0.3, -0.25) is 14.7 Å². The van der Waals surface area contributed by atoms with E-state index in [1.54, 1.807) is 12.3 Å². The van der Waals surface area contributed by atoms with Gasteiger partial charge in [0.2, 0.25) is 11.9 Å². The molecular formula is C26H25ClFN7O. The quantitative estimate of drug-likeness (QED) is 0.398. The summed E-state index contributed by atoms with van der Waals surface area (Å²) in [4.78, 5) is 32.7. The fraction of sp³-hybridized carbons (Fsp3) is 0.308. The minimum Gasteiger partial charge on any atom is -0.340 e. The summed E-state index contributed by atoms with van der Waals surface area (Å²) in [5, 5.41) is 3.49. The second-order valence-electron chi connectivity index (χ2n) is 9.35. The van der Waals surface area contributed by atoms with Crippen molar-refractivity contribution in [1.29, 1.82) is 0 Å². The zero-order valence-electron chi connectivity index (χ0n) is 19.5. The molecule has 0 unspecified atom stereocenters. The van der Waals surface area contributed by atoms with Gasteiger partial charge in [0.05, 0.1) is 22.3 Å². The Morgan fingerprint density at radius 2 is 1.97 bits per heavy atom. The lowest BCUT2D eigenvalue weighted by Gasteiger charge is -2.34. The third-order valence-corrected chi connectivity index (χ3v) is 7.00. The molecule has 1 aliphatic carbocycles. The van der Waals surface area contributed by atoms with Crippen molar-refractivity contribution in [3.63, 3.8) is 0 Å². The minimum atomic E-state index is -0.475. The van der Waals surface area contributed by atoms with Crippen LogP contribution in [0.3, 0.4) is 0 Å². The highest BCUT2D eigenvalue weighted by Gasteiger charge is 2.34. The maximum Gasteiger partial charge on any atom is 0.225 e. The molecule has 4 heterocycles. The number of fused-ring (bicyclic) bond motifs is 1. The van der Waals surface area contributed by atoms with E-state index < -0.39 is 5.82 Å². The second kappa shape index (κ2) is 9.48. The summed E-state index contributed by atoms with van der Waals surface area (Å²) in [5.74, 6) is 1.36. The van der Waals surface area contributed by atoms with Gasteiger partial charge in [-0.15, -0.1) is 0 Å². The number of piperazine rings is 1. The Balaban J connectivity index is 1.13. The van der Waals surface area contributed by atoms with Gasteiger partial charge in [-0.25, -0.2) is 14.4 Å². The Hall–Kier alpha value is -3.56. The topological polar surface area (TPSA) is 90.0 Å². The lowest BCUT2D eigenvalue weighted by Crippen LogP contribution is -2.48. The highest BCUT2D eigenvalue weighted by atomic mass is 35.5. The first-order chi connectivity index (χ1) is 17.5. The smallest absolute Gasteiger partial charge is 0.225 e. The van der Waals surface area contributed by atoms with Gasteiger partial charge in [0.25, 0.3) is 0 Å². The highest BCUT2D eigenvalue weighted by molar-refractivity contribution is 6.33. The van der Waals surface area contributed by atoms with Crippen LogP contribution in [-0.2, 0) is 11.3 Å². The van der Waals surface area contributed by atoms with Gasteiger partial charge in [0.15, 0.2) is 5.82 Å². The Morgan fingerprint density at radius 3 is 2.75 bits per heavy atom. The van der Waals surface area contributed by atoms with Gasteiger partial charge < -0.3 is 15.2 Å². The number of imidazole rings is 1. The normalized spacial score (nSPS) is 16.4. The van der Waals surface area contributed by atoms with E-state index in [0.29, 0.717) is 28.8 Å². The fourth-order valence-corrected chi connectivity index (χ4v) is 4.90. The predicted octanol–water partition coefficient (Wildman–Crippen LogP) is 4.61. The number of hydrogen-bond acceptors (Lipinski definition) is 6. The predicted molar refractivity (Wildman–Crippen MR) is 136 cm³/mol. The van der Waals surface area contributed by atoms with Crippen molar-refractivity contribution in [2.24, 2.45) is 5.92 Å². The first-order valence-electron chi connectivity index (χ1n) is 12.1. The monoisotopic (exact) mass is 505 g/mol. The summed E-state index contributed by atoms with van der Waals surface area (Å²) >= 11 is 6.18. The van der Waals surface area contributed by atoms with E-state index >= 15 is 0 Å². The Kier molecular flexibility index (Phi) is 6.02. The van der Waals surface area contributed by atoms with Crippen LogP contribution >= 0.6 is 11.6 Å². The van der Waals surface area contributed by atoms with Crippen molar-refractivity contribution in [2.45, 2.75) is 19.4 Å². The van der Waals surface area contributed by atoms with Crippen LogP contribution in [0.4, 0.5) is 16.2 Å². The third-order valence-electron chi connectivity index (χ3n) is 6.71. The number of nitrogens with zero attached hydrogens (tertiary/aromatic N) is 5. The van der Waals surface area contributed by atoms with Gasteiger partial charge in [-0.1, -0.05) is 17.7 Å². The summed E-state index contributed by atoms with van der Waals surface area (Å²) in [5.41, 5.74) is 3.57. The van der Waals surface area contributed by atoms with Crippen LogP contribution < -0.4 is 5.32 Å². The molecule has 2 fully saturated rings. The number of aromatic amines is 1. The molecule has 10 heteroatoms. The number of carbonyl (C=O) groups is 1. The van der Waals surface area contributed by atoms with Crippen LogP contribution in [0.1, 0.15) is 18.4 Å². The summed E-state index contributed by atoms with van der Waals surface area (Å²) in [6.45, 7) is 4.13. The average molecular weight is 506 g/mol. The number of aromatic nitrogens is 4. The van der Waals surface area contributed by atoms with Crippen LogP contribution in [-0.4, -0.2) is 61.8 Å². The van der Waals surface area contributed by atoms with Crippen molar-refractivity contribution in [2.75, 3.05) is 31.5 Å². The molecule has 0 spiro atoms. The number of rotatable bonds is 6. The number of halogens is 2. The number of nitrogens with one attached hydrogen (secondary N) is 2. The molecule has 1 aromatic carbocycles. The molecule has 6 rings (SSSR count). The largest absolute Gasteiger partial charge is 0.340 e. The zero-order valence-corrected chi connectivity index (χ0v) is 20.3. The molecule has 1 aliphatic heterocycles. The van der Waals surface area contributed by atoms with E-state index in [-0.39, 0.29) is 10.9 Å². The van der Waals surface area contributed by atoms with Crippen LogP contribution in [0.5, 0.6) is 0 Å². The highest BCUT2D eigenvalue weighted by Crippen LogP contribution is 2.32. The molecule has 3 aromatic heterocycles. The molecule has 2 aliphatic rings. The molecule has 4 aromatic rings. The Labute approximate surface area is 212 Å². The number of amides is 1. The van der Waals surface area contributed by atoms with Gasteiger partial charge in [0, 0.05) is 56.6 Å². The molecule has 1 saturated heterocycles. The van der Waals surface area contributed by atoms with Crippen LogP contribution in [0.15, 0.2) is 48.9 Å². The lowest BCUT2D eigenvalue weighted by atomic mass is 10.1. The minimum absolute atomic E-state index is 0.254. The van der Waals surface area contributed by atoms with Crippen molar-refractivity contribution in [3.8, 4) is 11.1 Å². The van der Waals surface area contributed by atoms with Gasteiger partial charge in [-0.05, 0) is 48.2 Å². The maximum atomic E-state index is 14.3. The fourth-order valence-electron chi connectivity index (χ4n) is 4.65. The van der Waals surface area contributed by atoms with Gasteiger partial charge in [0.1, 0.15) is 5.82 Å². The Bertz CT molecular complexity index is 1410. The SMILES string of the molecule is O=C(C1CC1)N1CCN(Cc2ccnc(Nc3nc4ccc(-c5c(F)cncc5Cl)cc4[nH]3)c2)CC1. The van der Waals surface area contributed by atoms with Crippen LogP contribution in [0.2, 0.25) is 5.02 Å². The van der Waals surface area contributed by atoms with E-state index in [1.807, 2.05) is 29.2 Å². The summed E-state index contributed by atoms with van der Waals surface area (Å²) in [7, 11) is 0. The van der Waals surface area contributed by atoms with Crippen molar-refractivity contribution in [1.82, 2.24) is 29.7 Å². The maximum absolute atomic E-state index is 14.3. The molecule has 1 saturated carbocycles. The first-order valence-corrected chi connectivity index (χ1v) is 12.4. The zero-order chi connectivity index (χ0) is 24.6. The first kappa shape index (κ1) is 22.9. The number of pyridine rings is 2. The van der Waals surface area contributed by atoms with E-state index in [4.69, 9.17) is 11.6 Å². The third kappa shape index (κ3) is 4.76. The molecule has 0 bridgehead atoms. The molecule has 2 N–H and O–H groups in total. The van der Waals surface area contributed by atoms with E-state index in [9.17, 15) is 9.18 Å². The molecule has 0 radical (unpaired) electrons. The molecular weight excluding hydrogens is 481 g/mol. The number of H-pyrrole nitrogens is 1. The van der Waals surface area contributed by atoms with E-state index in [2.05, 4.69) is 30.2 Å². The number of anilines is 2. The molecule has 8 nitrogen and oxygen atoms in total. The van der Waals surface area contributed by atoms with Crippen molar-refractivity contribution >= 4 is 40.3 Å². The Morgan fingerprint density at radius 1 is 1.14 bits per heavy atom. The summed E-state index contributed by atoms with van der Waals surface area (Å²) in [6, 6.07) is 9.43. The molecule has 0 atom stereocenters. The van der Waals surface area contributed by atoms with Gasteiger partial charge >= 0.3 is 0 Å².